The Bertz CT molecular complexity index is 707. The fourth-order valence-corrected chi connectivity index (χ4v) is 1.67. The molecule has 0 fully saturated rings. The van der Waals surface area contributed by atoms with Crippen LogP contribution in [0.3, 0.4) is 0 Å². The van der Waals surface area contributed by atoms with Crippen molar-refractivity contribution in [3.63, 3.8) is 0 Å². The van der Waals surface area contributed by atoms with Crippen molar-refractivity contribution in [3.05, 3.63) is 41.6 Å². The van der Waals surface area contributed by atoms with Gasteiger partial charge in [-0.3, -0.25) is 5.32 Å². The van der Waals surface area contributed by atoms with Gasteiger partial charge in [0, 0.05) is 18.3 Å². The summed E-state index contributed by atoms with van der Waals surface area (Å²) < 4.78 is 5.61. The van der Waals surface area contributed by atoms with Crippen LogP contribution in [0.15, 0.2) is 30.3 Å². The van der Waals surface area contributed by atoms with Crippen LogP contribution in [0.4, 0.5) is 10.7 Å². The van der Waals surface area contributed by atoms with Gasteiger partial charge in [-0.1, -0.05) is 0 Å². The summed E-state index contributed by atoms with van der Waals surface area (Å²) in [6, 6.07) is 9.96. The molecule has 1 aromatic carbocycles. The van der Waals surface area contributed by atoms with Gasteiger partial charge in [0.2, 0.25) is 11.8 Å². The highest BCUT2D eigenvalue weighted by Gasteiger charge is 2.07. The van der Waals surface area contributed by atoms with E-state index in [-0.39, 0.29) is 12.0 Å². The topological polar surface area (TPSA) is 99.9 Å². The highest BCUT2D eigenvalue weighted by molar-refractivity contribution is 5.87. The van der Waals surface area contributed by atoms with Crippen LogP contribution in [-0.2, 0) is 0 Å². The number of benzene rings is 1. The summed E-state index contributed by atoms with van der Waals surface area (Å²) in [6.07, 6.45) is 0. The first-order valence-electron chi connectivity index (χ1n) is 6.69. The van der Waals surface area contributed by atoms with E-state index in [0.29, 0.717) is 29.4 Å². The molecule has 0 aliphatic rings. The van der Waals surface area contributed by atoms with Gasteiger partial charge < -0.3 is 10.1 Å². The zero-order valence-electron chi connectivity index (χ0n) is 12.3. The lowest BCUT2D eigenvalue weighted by atomic mass is 10.2. The van der Waals surface area contributed by atoms with Crippen LogP contribution in [0.2, 0.25) is 0 Å². The van der Waals surface area contributed by atoms with Crippen LogP contribution in [-0.4, -0.2) is 22.5 Å². The summed E-state index contributed by atoms with van der Waals surface area (Å²) in [7, 11) is 0. The molecular weight excluding hydrogens is 282 g/mol. The number of aromatic nitrogens is 2. The second-order valence-corrected chi connectivity index (χ2v) is 4.39. The number of hydrogen-bond donors (Lipinski definition) is 2. The van der Waals surface area contributed by atoms with Crippen LogP contribution in [0.25, 0.3) is 0 Å². The summed E-state index contributed by atoms with van der Waals surface area (Å²) >= 11 is 0. The van der Waals surface area contributed by atoms with Gasteiger partial charge in [0.1, 0.15) is 5.75 Å². The Balaban J connectivity index is 2.15. The molecule has 7 nitrogen and oxygen atoms in total. The second kappa shape index (κ2) is 7.04. The number of nitriles is 1. The molecule has 22 heavy (non-hydrogen) atoms. The molecule has 0 atom stereocenters. The number of ether oxygens (including phenoxy) is 1. The number of carbonyl (C=O) groups is 1. The van der Waals surface area contributed by atoms with E-state index < -0.39 is 0 Å². The van der Waals surface area contributed by atoms with E-state index in [4.69, 9.17) is 10.00 Å². The maximum absolute atomic E-state index is 11.5. The third-order valence-corrected chi connectivity index (χ3v) is 2.60. The first-order valence-corrected chi connectivity index (χ1v) is 6.69. The second-order valence-electron chi connectivity index (χ2n) is 4.39. The van der Waals surface area contributed by atoms with Crippen molar-refractivity contribution in [2.24, 2.45) is 0 Å². The minimum absolute atomic E-state index is 0.162. The summed E-state index contributed by atoms with van der Waals surface area (Å²) in [5.74, 6) is 1.01. The lowest BCUT2D eigenvalue weighted by Crippen LogP contribution is -2.29. The predicted octanol–water partition coefficient (Wildman–Crippen LogP) is 2.59. The Morgan fingerprint density at radius 2 is 2.05 bits per heavy atom. The summed E-state index contributed by atoms with van der Waals surface area (Å²) in [5.41, 5.74) is 1.20. The van der Waals surface area contributed by atoms with Crippen molar-refractivity contribution in [1.82, 2.24) is 15.3 Å². The Kier molecular flexibility index (Phi) is 4.88. The van der Waals surface area contributed by atoms with Crippen molar-refractivity contribution < 1.29 is 9.53 Å². The lowest BCUT2D eigenvalue weighted by molar-refractivity contribution is 0.252. The molecule has 0 spiro atoms. The van der Waals surface area contributed by atoms with Gasteiger partial charge in [0.05, 0.1) is 11.6 Å². The molecular formula is C15H15N5O2. The fraction of sp³-hybridized carbons (Fsp3) is 0.200. The SMILES string of the molecule is CCNC(=O)Nc1nc(C)cc(Oc2ccc(C#N)cc2)n1. The summed E-state index contributed by atoms with van der Waals surface area (Å²) in [4.78, 5) is 19.7. The maximum Gasteiger partial charge on any atom is 0.321 e. The van der Waals surface area contributed by atoms with Crippen LogP contribution in [0.5, 0.6) is 11.6 Å². The van der Waals surface area contributed by atoms with E-state index in [1.807, 2.05) is 13.0 Å². The Labute approximate surface area is 128 Å². The minimum Gasteiger partial charge on any atom is -0.439 e. The average molecular weight is 297 g/mol. The Hall–Kier alpha value is -3.14. The monoisotopic (exact) mass is 297 g/mol. The predicted molar refractivity (Wildman–Crippen MR) is 80.7 cm³/mol. The van der Waals surface area contributed by atoms with Gasteiger partial charge in [0.15, 0.2) is 0 Å². The number of nitrogens with zero attached hydrogens (tertiary/aromatic N) is 3. The number of carbonyl (C=O) groups excluding carboxylic acids is 1. The van der Waals surface area contributed by atoms with E-state index in [1.165, 1.54) is 0 Å². The van der Waals surface area contributed by atoms with Gasteiger partial charge in [-0.05, 0) is 38.1 Å². The van der Waals surface area contributed by atoms with E-state index in [1.54, 1.807) is 37.3 Å². The molecule has 2 amide bonds. The number of nitrogens with one attached hydrogen (secondary N) is 2. The molecule has 2 rings (SSSR count). The molecule has 2 N–H and O–H groups in total. The van der Waals surface area contributed by atoms with Crippen molar-refractivity contribution in [3.8, 4) is 17.7 Å². The maximum atomic E-state index is 11.5. The van der Waals surface area contributed by atoms with Crippen molar-refractivity contribution in [2.75, 3.05) is 11.9 Å². The lowest BCUT2D eigenvalue weighted by Gasteiger charge is -2.09. The van der Waals surface area contributed by atoms with Gasteiger partial charge >= 0.3 is 6.03 Å². The fourth-order valence-electron chi connectivity index (χ4n) is 1.67. The third-order valence-electron chi connectivity index (χ3n) is 2.60. The highest BCUT2D eigenvalue weighted by Crippen LogP contribution is 2.21. The van der Waals surface area contributed by atoms with Crippen LogP contribution in [0, 0.1) is 18.3 Å². The number of anilines is 1. The van der Waals surface area contributed by atoms with Crippen molar-refractivity contribution >= 4 is 12.0 Å². The molecule has 0 aliphatic carbocycles. The van der Waals surface area contributed by atoms with Gasteiger partial charge in [-0.15, -0.1) is 0 Å². The first kappa shape index (κ1) is 15.3. The summed E-state index contributed by atoms with van der Waals surface area (Å²) in [6.45, 7) is 4.10. The quantitative estimate of drug-likeness (QED) is 0.903. The average Bonchev–Trinajstić information content (AvgIpc) is 2.47. The Morgan fingerprint density at radius 3 is 2.68 bits per heavy atom. The standard InChI is InChI=1S/C15H15N5O2/c1-3-17-15(21)20-14-18-10(2)8-13(19-14)22-12-6-4-11(9-16)5-7-12/h4-8H,3H2,1-2H3,(H2,17,18,19,20,21). The molecule has 0 radical (unpaired) electrons. The molecule has 1 heterocycles. The molecule has 1 aromatic heterocycles. The molecule has 7 heteroatoms. The molecule has 0 saturated carbocycles. The number of urea groups is 1. The smallest absolute Gasteiger partial charge is 0.321 e. The molecule has 0 bridgehead atoms. The largest absolute Gasteiger partial charge is 0.439 e. The summed E-state index contributed by atoms with van der Waals surface area (Å²) in [5, 5.41) is 13.9. The number of amides is 2. The van der Waals surface area contributed by atoms with E-state index in [2.05, 4.69) is 20.6 Å². The van der Waals surface area contributed by atoms with E-state index in [0.717, 1.165) is 0 Å². The molecule has 112 valence electrons. The van der Waals surface area contributed by atoms with Crippen LogP contribution < -0.4 is 15.4 Å². The molecule has 0 aliphatic heterocycles. The van der Waals surface area contributed by atoms with Crippen molar-refractivity contribution in [2.45, 2.75) is 13.8 Å². The molecule has 0 saturated heterocycles. The number of aryl methyl sites for hydroxylation is 1. The Morgan fingerprint density at radius 1 is 1.32 bits per heavy atom. The van der Waals surface area contributed by atoms with E-state index >= 15 is 0 Å². The first-order chi connectivity index (χ1) is 10.6. The normalized spacial score (nSPS) is 9.68. The minimum atomic E-state index is -0.377. The van der Waals surface area contributed by atoms with Crippen LogP contribution >= 0.6 is 0 Å². The highest BCUT2D eigenvalue weighted by atomic mass is 16.5. The van der Waals surface area contributed by atoms with Gasteiger partial charge in [0.25, 0.3) is 0 Å². The van der Waals surface area contributed by atoms with Gasteiger partial charge in [-0.2, -0.15) is 10.2 Å². The zero-order chi connectivity index (χ0) is 15.9. The third kappa shape index (κ3) is 4.18. The van der Waals surface area contributed by atoms with Crippen LogP contribution in [0.1, 0.15) is 18.2 Å². The molecule has 2 aromatic rings. The van der Waals surface area contributed by atoms with Gasteiger partial charge in [-0.25, -0.2) is 9.78 Å². The van der Waals surface area contributed by atoms with Crippen molar-refractivity contribution in [1.29, 1.82) is 5.26 Å². The number of hydrogen-bond acceptors (Lipinski definition) is 5. The van der Waals surface area contributed by atoms with E-state index in [9.17, 15) is 4.79 Å². The zero-order valence-corrected chi connectivity index (χ0v) is 12.3. The molecule has 0 unspecified atom stereocenters. The number of rotatable bonds is 4.